The molecule has 0 saturated heterocycles. The Labute approximate surface area is 80.0 Å². The molecule has 68 valence electrons. The molecule has 0 fully saturated rings. The monoisotopic (exact) mass is 199 g/mol. The lowest BCUT2D eigenvalue weighted by atomic mass is 10.2. The Bertz CT molecular complexity index is 365. The molecule has 1 aliphatic heterocycles. The summed E-state index contributed by atoms with van der Waals surface area (Å²) in [6.07, 6.45) is 0. The van der Waals surface area contributed by atoms with Crippen molar-refractivity contribution in [3.05, 3.63) is 34.6 Å². The summed E-state index contributed by atoms with van der Waals surface area (Å²) in [5, 5.41) is 0.375. The molecule has 2 rings (SSSR count). The Morgan fingerprint density at radius 2 is 2.31 bits per heavy atom. The number of hydrogen-bond donors (Lipinski definition) is 0. The molecule has 0 unspecified atom stereocenters. The van der Waals surface area contributed by atoms with Gasteiger partial charge in [-0.2, -0.15) is 0 Å². The Morgan fingerprint density at radius 3 is 2.92 bits per heavy atom. The van der Waals surface area contributed by atoms with E-state index < -0.39 is 5.82 Å². The normalized spacial score (nSPS) is 15.4. The Kier molecular flexibility index (Phi) is 2.19. The van der Waals surface area contributed by atoms with Crippen molar-refractivity contribution in [2.75, 3.05) is 13.2 Å². The number of hydrogen-bond acceptors (Lipinski definition) is 2. The van der Waals surface area contributed by atoms with E-state index in [2.05, 4.69) is 4.99 Å². The largest absolute Gasteiger partial charge is 0.475 e. The Morgan fingerprint density at radius 1 is 1.46 bits per heavy atom. The SMILES string of the molecule is Fc1cc(Cl)ccc1C1=NCCO1. The summed E-state index contributed by atoms with van der Waals surface area (Å²) in [5.41, 5.74) is 0.377. The van der Waals surface area contributed by atoms with Gasteiger partial charge in [0.25, 0.3) is 0 Å². The molecule has 1 aromatic rings. The van der Waals surface area contributed by atoms with Crippen LogP contribution in [0.3, 0.4) is 0 Å². The fourth-order valence-corrected chi connectivity index (χ4v) is 1.32. The van der Waals surface area contributed by atoms with Gasteiger partial charge in [-0.15, -0.1) is 0 Å². The van der Waals surface area contributed by atoms with Crippen LogP contribution in [0.25, 0.3) is 0 Å². The molecule has 0 bridgehead atoms. The van der Waals surface area contributed by atoms with Crippen LogP contribution < -0.4 is 0 Å². The predicted molar refractivity (Wildman–Crippen MR) is 48.8 cm³/mol. The van der Waals surface area contributed by atoms with Crippen molar-refractivity contribution < 1.29 is 9.13 Å². The van der Waals surface area contributed by atoms with Crippen LogP contribution in [0.1, 0.15) is 5.56 Å². The van der Waals surface area contributed by atoms with Gasteiger partial charge in [-0.05, 0) is 18.2 Å². The van der Waals surface area contributed by atoms with Crippen LogP contribution in [0.2, 0.25) is 5.02 Å². The minimum absolute atomic E-state index is 0.370. The molecule has 0 spiro atoms. The standard InChI is InChI=1S/C9H7ClFNO/c10-6-1-2-7(8(11)5-6)9-12-3-4-13-9/h1-2,5H,3-4H2. The highest BCUT2D eigenvalue weighted by Crippen LogP contribution is 2.17. The third-order valence-corrected chi connectivity index (χ3v) is 1.98. The van der Waals surface area contributed by atoms with E-state index in [0.29, 0.717) is 29.6 Å². The highest BCUT2D eigenvalue weighted by Gasteiger charge is 2.14. The number of ether oxygens (including phenoxy) is 1. The first kappa shape index (κ1) is 8.51. The van der Waals surface area contributed by atoms with E-state index in [4.69, 9.17) is 16.3 Å². The quantitative estimate of drug-likeness (QED) is 0.680. The molecule has 0 atom stereocenters. The van der Waals surface area contributed by atoms with Gasteiger partial charge in [0, 0.05) is 5.02 Å². The second kappa shape index (κ2) is 3.34. The average Bonchev–Trinajstić information content (AvgIpc) is 2.56. The summed E-state index contributed by atoms with van der Waals surface area (Å²) in [6, 6.07) is 4.44. The minimum Gasteiger partial charge on any atom is -0.475 e. The van der Waals surface area contributed by atoms with E-state index in [1.807, 2.05) is 0 Å². The predicted octanol–water partition coefficient (Wildman–Crippen LogP) is 2.26. The molecule has 0 amide bonds. The lowest BCUT2D eigenvalue weighted by Gasteiger charge is -2.02. The molecule has 0 N–H and O–H groups in total. The number of benzene rings is 1. The molecule has 0 aliphatic carbocycles. The van der Waals surface area contributed by atoms with E-state index in [0.717, 1.165) is 0 Å². The second-order valence-electron chi connectivity index (χ2n) is 2.66. The van der Waals surface area contributed by atoms with Gasteiger partial charge in [0.05, 0.1) is 12.1 Å². The van der Waals surface area contributed by atoms with Crippen LogP contribution in [0.15, 0.2) is 23.2 Å². The molecule has 1 aromatic carbocycles. The molecule has 4 heteroatoms. The van der Waals surface area contributed by atoms with E-state index in [9.17, 15) is 4.39 Å². The molecule has 0 saturated carbocycles. The molecule has 1 aliphatic rings. The van der Waals surface area contributed by atoms with Crippen molar-refractivity contribution in [1.29, 1.82) is 0 Å². The van der Waals surface area contributed by atoms with E-state index in [1.54, 1.807) is 12.1 Å². The van der Waals surface area contributed by atoms with Crippen LogP contribution in [0.5, 0.6) is 0 Å². The van der Waals surface area contributed by atoms with Crippen LogP contribution in [-0.2, 0) is 4.74 Å². The minimum atomic E-state index is -0.395. The van der Waals surface area contributed by atoms with Gasteiger partial charge in [0.1, 0.15) is 12.4 Å². The first-order valence-corrected chi connectivity index (χ1v) is 4.28. The summed E-state index contributed by atoms with van der Waals surface area (Å²) in [6.45, 7) is 1.12. The zero-order valence-corrected chi connectivity index (χ0v) is 7.51. The highest BCUT2D eigenvalue weighted by molar-refractivity contribution is 6.30. The van der Waals surface area contributed by atoms with Crippen molar-refractivity contribution in [2.45, 2.75) is 0 Å². The molecule has 1 heterocycles. The average molecular weight is 200 g/mol. The lowest BCUT2D eigenvalue weighted by Crippen LogP contribution is -2.03. The maximum Gasteiger partial charge on any atom is 0.219 e. The zero-order chi connectivity index (χ0) is 9.26. The molecule has 0 radical (unpaired) electrons. The smallest absolute Gasteiger partial charge is 0.219 e. The van der Waals surface area contributed by atoms with E-state index >= 15 is 0 Å². The Balaban J connectivity index is 2.40. The molecular weight excluding hydrogens is 193 g/mol. The summed E-state index contributed by atoms with van der Waals surface area (Å²) in [5.74, 6) is -0.0256. The van der Waals surface area contributed by atoms with Gasteiger partial charge in [-0.1, -0.05) is 11.6 Å². The number of aliphatic imine (C=N–C) groups is 1. The summed E-state index contributed by atoms with van der Waals surface area (Å²) >= 11 is 5.60. The molecule has 2 nitrogen and oxygen atoms in total. The zero-order valence-electron chi connectivity index (χ0n) is 6.76. The van der Waals surface area contributed by atoms with Crippen molar-refractivity contribution in [2.24, 2.45) is 4.99 Å². The van der Waals surface area contributed by atoms with Gasteiger partial charge in [-0.25, -0.2) is 9.38 Å². The van der Waals surface area contributed by atoms with Crippen LogP contribution in [-0.4, -0.2) is 19.0 Å². The van der Waals surface area contributed by atoms with Crippen molar-refractivity contribution in [3.63, 3.8) is 0 Å². The van der Waals surface area contributed by atoms with Crippen molar-refractivity contribution >= 4 is 17.5 Å². The first-order chi connectivity index (χ1) is 6.27. The maximum absolute atomic E-state index is 13.3. The van der Waals surface area contributed by atoms with E-state index in [1.165, 1.54) is 6.07 Å². The van der Waals surface area contributed by atoms with Gasteiger partial charge in [0.2, 0.25) is 5.90 Å². The number of nitrogens with zero attached hydrogens (tertiary/aromatic N) is 1. The summed E-state index contributed by atoms with van der Waals surface area (Å²) < 4.78 is 18.4. The number of halogens is 2. The van der Waals surface area contributed by atoms with Gasteiger partial charge in [0.15, 0.2) is 0 Å². The number of rotatable bonds is 1. The second-order valence-corrected chi connectivity index (χ2v) is 3.10. The highest BCUT2D eigenvalue weighted by atomic mass is 35.5. The van der Waals surface area contributed by atoms with Crippen molar-refractivity contribution in [1.82, 2.24) is 0 Å². The summed E-state index contributed by atoms with van der Waals surface area (Å²) in [7, 11) is 0. The third kappa shape index (κ3) is 1.65. The topological polar surface area (TPSA) is 21.6 Å². The van der Waals surface area contributed by atoms with Gasteiger partial charge >= 0.3 is 0 Å². The molecular formula is C9H7ClFNO. The van der Waals surface area contributed by atoms with Crippen molar-refractivity contribution in [3.8, 4) is 0 Å². The third-order valence-electron chi connectivity index (χ3n) is 1.75. The lowest BCUT2D eigenvalue weighted by molar-refractivity contribution is 0.347. The van der Waals surface area contributed by atoms with Gasteiger partial charge in [-0.3, -0.25) is 0 Å². The van der Waals surface area contributed by atoms with Crippen LogP contribution >= 0.6 is 11.6 Å². The molecule has 13 heavy (non-hydrogen) atoms. The van der Waals surface area contributed by atoms with E-state index in [-0.39, 0.29) is 0 Å². The fraction of sp³-hybridized carbons (Fsp3) is 0.222. The first-order valence-electron chi connectivity index (χ1n) is 3.90. The van der Waals surface area contributed by atoms with Gasteiger partial charge < -0.3 is 4.74 Å². The fourth-order valence-electron chi connectivity index (χ4n) is 1.16. The Hall–Kier alpha value is -1.09. The van der Waals surface area contributed by atoms with Crippen LogP contribution in [0, 0.1) is 5.82 Å². The molecule has 0 aromatic heterocycles. The summed E-state index contributed by atoms with van der Waals surface area (Å²) in [4.78, 5) is 4.01. The van der Waals surface area contributed by atoms with Crippen LogP contribution in [0.4, 0.5) is 4.39 Å². The maximum atomic E-state index is 13.3.